The maximum absolute atomic E-state index is 10.7. The van der Waals surface area contributed by atoms with Gasteiger partial charge in [0.15, 0.2) is 0 Å². The van der Waals surface area contributed by atoms with Crippen LogP contribution in [0.15, 0.2) is 0 Å². The second-order valence-electron chi connectivity index (χ2n) is 3.54. The van der Waals surface area contributed by atoms with Crippen molar-refractivity contribution in [3.8, 4) is 0 Å². The summed E-state index contributed by atoms with van der Waals surface area (Å²) in [5.41, 5.74) is -0.241. The molecule has 2 nitrogen and oxygen atoms in total. The molecule has 0 aliphatic rings. The lowest BCUT2D eigenvalue weighted by atomic mass is 9.96. The van der Waals surface area contributed by atoms with E-state index < -0.39 is 0 Å². The van der Waals surface area contributed by atoms with Gasteiger partial charge in [-0.25, -0.2) is 0 Å². The third-order valence-electron chi connectivity index (χ3n) is 0.908. The molecular weight excluding hydrogens is 138 g/mol. The second-order valence-corrected chi connectivity index (χ2v) is 3.54. The average Bonchev–Trinajstić information content (AvgIpc) is 1.86. The van der Waals surface area contributed by atoms with Gasteiger partial charge in [-0.3, -0.25) is 4.79 Å². The van der Waals surface area contributed by atoms with Crippen LogP contribution in [0.5, 0.6) is 0 Å². The Morgan fingerprint density at radius 2 is 1.64 bits per heavy atom. The SMILES string of the molecule is CCC.CNC(=O)C(C)(C)C.[HH]. The predicted octanol–water partition coefficient (Wildman–Crippen LogP) is 2.44. The Bertz CT molecular complexity index is 108. The van der Waals surface area contributed by atoms with E-state index in [2.05, 4.69) is 19.2 Å². The fourth-order valence-electron chi connectivity index (χ4n) is 0.375. The molecule has 0 aliphatic heterocycles. The molecule has 0 saturated heterocycles. The summed E-state index contributed by atoms with van der Waals surface area (Å²) >= 11 is 0. The maximum atomic E-state index is 10.7. The lowest BCUT2D eigenvalue weighted by molar-refractivity contribution is -0.127. The van der Waals surface area contributed by atoms with E-state index in [1.54, 1.807) is 7.05 Å². The first-order chi connectivity index (χ1) is 4.90. The Labute approximate surface area is 71.9 Å². The van der Waals surface area contributed by atoms with Crippen LogP contribution in [0.1, 0.15) is 42.5 Å². The van der Waals surface area contributed by atoms with Crippen LogP contribution < -0.4 is 5.32 Å². The Balaban J connectivity index is -0.000000177. The molecule has 0 aromatic carbocycles. The predicted molar refractivity (Wildman–Crippen MR) is 51.6 cm³/mol. The minimum atomic E-state index is -0.241. The van der Waals surface area contributed by atoms with Gasteiger partial charge in [0.2, 0.25) is 5.91 Å². The quantitative estimate of drug-likeness (QED) is 0.581. The van der Waals surface area contributed by atoms with Crippen LogP contribution in [0, 0.1) is 5.41 Å². The van der Waals surface area contributed by atoms with Gasteiger partial charge in [-0.05, 0) is 0 Å². The summed E-state index contributed by atoms with van der Waals surface area (Å²) < 4.78 is 0. The number of carbonyl (C=O) groups excluding carboxylic acids is 1. The number of hydrogen-bond donors (Lipinski definition) is 1. The number of nitrogens with one attached hydrogen (secondary N) is 1. The topological polar surface area (TPSA) is 29.1 Å². The molecule has 2 heteroatoms. The molecule has 0 saturated carbocycles. The first-order valence-electron chi connectivity index (χ1n) is 4.12. The Kier molecular flexibility index (Phi) is 7.37. The van der Waals surface area contributed by atoms with Crippen molar-refractivity contribution in [2.24, 2.45) is 5.41 Å². The van der Waals surface area contributed by atoms with Crippen molar-refractivity contribution in [1.29, 1.82) is 0 Å². The Hall–Kier alpha value is -0.530. The van der Waals surface area contributed by atoms with Crippen LogP contribution in [0.25, 0.3) is 0 Å². The second kappa shape index (κ2) is 6.20. The van der Waals surface area contributed by atoms with E-state index in [0.29, 0.717) is 0 Å². The van der Waals surface area contributed by atoms with E-state index in [9.17, 15) is 4.79 Å². The molecule has 0 bridgehead atoms. The van der Waals surface area contributed by atoms with Gasteiger partial charge in [-0.2, -0.15) is 0 Å². The molecule has 0 unspecified atom stereocenters. The summed E-state index contributed by atoms with van der Waals surface area (Å²) in [5.74, 6) is 0.0810. The molecule has 1 amide bonds. The van der Waals surface area contributed by atoms with E-state index in [1.165, 1.54) is 6.42 Å². The fourth-order valence-corrected chi connectivity index (χ4v) is 0.375. The van der Waals surface area contributed by atoms with E-state index in [0.717, 1.165) is 0 Å². The normalized spacial score (nSPS) is 9.64. The summed E-state index contributed by atoms with van der Waals surface area (Å²) in [6.45, 7) is 9.89. The standard InChI is InChI=1S/C6H13NO.C3H8.H2/c1-6(2,3)5(8)7-4;1-3-2;/h1-4H3,(H,7,8);3H2,1-2H3;1H. The molecule has 0 aromatic rings. The highest BCUT2D eigenvalue weighted by molar-refractivity contribution is 5.80. The zero-order valence-corrected chi connectivity index (χ0v) is 8.62. The molecule has 0 aromatic heterocycles. The fraction of sp³-hybridized carbons (Fsp3) is 0.889. The van der Waals surface area contributed by atoms with Gasteiger partial charge in [0.05, 0.1) is 0 Å². The minimum absolute atomic E-state index is 0. The van der Waals surface area contributed by atoms with Crippen molar-refractivity contribution >= 4 is 5.91 Å². The van der Waals surface area contributed by atoms with Crippen LogP contribution in [-0.4, -0.2) is 13.0 Å². The van der Waals surface area contributed by atoms with Crippen molar-refractivity contribution in [3.63, 3.8) is 0 Å². The highest BCUT2D eigenvalue weighted by Gasteiger charge is 2.18. The molecule has 0 fully saturated rings. The van der Waals surface area contributed by atoms with Gasteiger partial charge in [-0.15, -0.1) is 0 Å². The first kappa shape index (κ1) is 13.1. The van der Waals surface area contributed by atoms with Crippen molar-refractivity contribution < 1.29 is 6.22 Å². The molecule has 1 N–H and O–H groups in total. The third-order valence-corrected chi connectivity index (χ3v) is 0.908. The molecule has 70 valence electrons. The van der Waals surface area contributed by atoms with Crippen molar-refractivity contribution in [1.82, 2.24) is 5.32 Å². The molecule has 0 atom stereocenters. The molecule has 11 heavy (non-hydrogen) atoms. The van der Waals surface area contributed by atoms with E-state index >= 15 is 0 Å². The summed E-state index contributed by atoms with van der Waals surface area (Å²) in [6.07, 6.45) is 1.25. The Morgan fingerprint density at radius 3 is 1.64 bits per heavy atom. The van der Waals surface area contributed by atoms with Gasteiger partial charge in [0, 0.05) is 13.9 Å². The van der Waals surface area contributed by atoms with Gasteiger partial charge in [-0.1, -0.05) is 41.0 Å². The lowest BCUT2D eigenvalue weighted by Gasteiger charge is -2.14. The molecule has 0 heterocycles. The van der Waals surface area contributed by atoms with Gasteiger partial charge in [0.1, 0.15) is 0 Å². The number of rotatable bonds is 0. The zero-order valence-electron chi connectivity index (χ0n) is 8.62. The van der Waals surface area contributed by atoms with Gasteiger partial charge >= 0.3 is 0 Å². The van der Waals surface area contributed by atoms with Crippen LogP contribution in [0.2, 0.25) is 0 Å². The number of hydrogen-bond acceptors (Lipinski definition) is 1. The van der Waals surface area contributed by atoms with Crippen LogP contribution in [0.3, 0.4) is 0 Å². The zero-order chi connectivity index (χ0) is 9.49. The number of amides is 1. The number of carbonyl (C=O) groups is 1. The molecule has 0 radical (unpaired) electrons. The molecule has 0 spiro atoms. The average molecular weight is 161 g/mol. The largest absolute Gasteiger partial charge is 0.359 e. The first-order valence-corrected chi connectivity index (χ1v) is 4.12. The highest BCUT2D eigenvalue weighted by atomic mass is 16.2. The molecule has 0 aliphatic carbocycles. The van der Waals surface area contributed by atoms with E-state index in [-0.39, 0.29) is 12.7 Å². The molecule has 0 rings (SSSR count). The maximum Gasteiger partial charge on any atom is 0.225 e. The summed E-state index contributed by atoms with van der Waals surface area (Å²) in [7, 11) is 1.65. The Morgan fingerprint density at radius 1 is 1.36 bits per heavy atom. The van der Waals surface area contributed by atoms with Gasteiger partial charge in [0.25, 0.3) is 0 Å². The summed E-state index contributed by atoms with van der Waals surface area (Å²) in [5, 5.41) is 2.57. The summed E-state index contributed by atoms with van der Waals surface area (Å²) in [4.78, 5) is 10.7. The molecular formula is C9H23NO. The monoisotopic (exact) mass is 161 g/mol. The third kappa shape index (κ3) is 9.47. The van der Waals surface area contributed by atoms with E-state index in [4.69, 9.17) is 0 Å². The van der Waals surface area contributed by atoms with Crippen molar-refractivity contribution in [3.05, 3.63) is 0 Å². The van der Waals surface area contributed by atoms with Crippen molar-refractivity contribution in [2.75, 3.05) is 7.05 Å². The van der Waals surface area contributed by atoms with Gasteiger partial charge < -0.3 is 5.32 Å². The highest BCUT2D eigenvalue weighted by Crippen LogP contribution is 2.11. The lowest BCUT2D eigenvalue weighted by Crippen LogP contribution is -2.31. The minimum Gasteiger partial charge on any atom is -0.359 e. The van der Waals surface area contributed by atoms with Crippen molar-refractivity contribution in [2.45, 2.75) is 41.0 Å². The van der Waals surface area contributed by atoms with Crippen LogP contribution >= 0.6 is 0 Å². The van der Waals surface area contributed by atoms with E-state index in [1.807, 2.05) is 20.8 Å². The smallest absolute Gasteiger partial charge is 0.225 e. The van der Waals surface area contributed by atoms with Crippen LogP contribution in [-0.2, 0) is 4.79 Å². The summed E-state index contributed by atoms with van der Waals surface area (Å²) in [6, 6.07) is 0. The van der Waals surface area contributed by atoms with Crippen LogP contribution in [0.4, 0.5) is 0 Å².